The second-order valence-electron chi connectivity index (χ2n) is 5.61. The van der Waals surface area contributed by atoms with Crippen molar-refractivity contribution in [2.24, 2.45) is 5.41 Å². The Balaban J connectivity index is 2.06. The van der Waals surface area contributed by atoms with E-state index in [1.807, 2.05) is 0 Å². The first-order chi connectivity index (χ1) is 9.74. The number of aliphatic hydroxyl groups is 1. The molecule has 0 spiro atoms. The van der Waals surface area contributed by atoms with Crippen LogP contribution >= 0.6 is 0 Å². The molecule has 0 radical (unpaired) electrons. The van der Waals surface area contributed by atoms with Gasteiger partial charge in [0, 0.05) is 25.1 Å². The summed E-state index contributed by atoms with van der Waals surface area (Å²) in [5, 5.41) is 15.7. The van der Waals surface area contributed by atoms with E-state index in [1.165, 1.54) is 16.3 Å². The molecule has 0 bridgehead atoms. The van der Waals surface area contributed by atoms with E-state index in [1.54, 1.807) is 0 Å². The van der Waals surface area contributed by atoms with Crippen LogP contribution in [0.4, 0.5) is 0 Å². The Morgan fingerprint density at radius 1 is 1.00 bits per heavy atom. The summed E-state index contributed by atoms with van der Waals surface area (Å²) in [6.45, 7) is 6.27. The number of hydrogen-bond acceptors (Lipinski definition) is 2. The molecule has 0 aliphatic heterocycles. The number of rotatable bonds is 7. The first-order valence-corrected chi connectivity index (χ1v) is 7.53. The molecular formula is C18H25NO. The smallest absolute Gasteiger partial charge is 0.0499 e. The third-order valence-corrected chi connectivity index (χ3v) is 4.53. The molecule has 108 valence electrons. The van der Waals surface area contributed by atoms with Crippen LogP contribution < -0.4 is 5.32 Å². The minimum atomic E-state index is 0.0184. The second-order valence-corrected chi connectivity index (χ2v) is 5.61. The van der Waals surface area contributed by atoms with E-state index in [0.717, 1.165) is 25.9 Å². The van der Waals surface area contributed by atoms with Gasteiger partial charge >= 0.3 is 0 Å². The summed E-state index contributed by atoms with van der Waals surface area (Å²) >= 11 is 0. The van der Waals surface area contributed by atoms with Crippen LogP contribution in [0.25, 0.3) is 10.8 Å². The predicted octanol–water partition coefficient (Wildman–Crippen LogP) is 3.73. The van der Waals surface area contributed by atoms with Gasteiger partial charge < -0.3 is 10.4 Å². The third kappa shape index (κ3) is 3.20. The van der Waals surface area contributed by atoms with Crippen molar-refractivity contribution in [1.29, 1.82) is 0 Å². The quantitative estimate of drug-likeness (QED) is 0.804. The maximum absolute atomic E-state index is 9.61. The number of aliphatic hydroxyl groups excluding tert-OH is 1. The van der Waals surface area contributed by atoms with Crippen molar-refractivity contribution in [3.63, 3.8) is 0 Å². The van der Waals surface area contributed by atoms with Crippen LogP contribution in [0.5, 0.6) is 0 Å². The highest BCUT2D eigenvalue weighted by Crippen LogP contribution is 2.25. The van der Waals surface area contributed by atoms with Gasteiger partial charge in [-0.2, -0.15) is 0 Å². The van der Waals surface area contributed by atoms with Gasteiger partial charge in [0.1, 0.15) is 0 Å². The molecule has 2 N–H and O–H groups in total. The first-order valence-electron chi connectivity index (χ1n) is 7.53. The van der Waals surface area contributed by atoms with Crippen LogP contribution in [0.15, 0.2) is 42.5 Å². The van der Waals surface area contributed by atoms with E-state index >= 15 is 0 Å². The molecule has 2 nitrogen and oxygen atoms in total. The average Bonchev–Trinajstić information content (AvgIpc) is 2.52. The van der Waals surface area contributed by atoms with Crippen molar-refractivity contribution in [2.75, 3.05) is 13.2 Å². The van der Waals surface area contributed by atoms with Crippen LogP contribution in [0, 0.1) is 5.41 Å². The van der Waals surface area contributed by atoms with E-state index < -0.39 is 0 Å². The Morgan fingerprint density at radius 2 is 1.70 bits per heavy atom. The fourth-order valence-electron chi connectivity index (χ4n) is 2.69. The molecule has 0 aliphatic carbocycles. The molecule has 0 heterocycles. The van der Waals surface area contributed by atoms with Crippen molar-refractivity contribution in [1.82, 2.24) is 5.32 Å². The number of benzene rings is 2. The fourth-order valence-corrected chi connectivity index (χ4v) is 2.69. The van der Waals surface area contributed by atoms with Gasteiger partial charge in [-0.15, -0.1) is 0 Å². The largest absolute Gasteiger partial charge is 0.396 e. The lowest BCUT2D eigenvalue weighted by molar-refractivity contribution is 0.113. The number of hydrogen-bond donors (Lipinski definition) is 2. The molecular weight excluding hydrogens is 246 g/mol. The summed E-state index contributed by atoms with van der Waals surface area (Å²) in [4.78, 5) is 0. The molecule has 2 heteroatoms. The van der Waals surface area contributed by atoms with Gasteiger partial charge in [-0.1, -0.05) is 56.3 Å². The Hall–Kier alpha value is -1.38. The summed E-state index contributed by atoms with van der Waals surface area (Å²) in [6.07, 6.45) is 2.01. The highest BCUT2D eigenvalue weighted by atomic mass is 16.3. The molecule has 2 aromatic rings. The van der Waals surface area contributed by atoms with Gasteiger partial charge in [0.05, 0.1) is 0 Å². The molecule has 0 amide bonds. The number of nitrogens with one attached hydrogen (secondary N) is 1. The van der Waals surface area contributed by atoms with E-state index in [0.29, 0.717) is 0 Å². The minimum Gasteiger partial charge on any atom is -0.396 e. The van der Waals surface area contributed by atoms with Crippen molar-refractivity contribution in [2.45, 2.75) is 33.2 Å². The topological polar surface area (TPSA) is 32.3 Å². The van der Waals surface area contributed by atoms with Crippen LogP contribution in [0.1, 0.15) is 32.3 Å². The highest BCUT2D eigenvalue weighted by Gasteiger charge is 2.24. The molecule has 20 heavy (non-hydrogen) atoms. The Labute approximate surface area is 121 Å². The van der Waals surface area contributed by atoms with Crippen molar-refractivity contribution in [3.05, 3.63) is 48.0 Å². The molecule has 2 rings (SSSR count). The average molecular weight is 271 g/mol. The lowest BCUT2D eigenvalue weighted by Crippen LogP contribution is -2.36. The summed E-state index contributed by atoms with van der Waals surface area (Å²) in [5.41, 5.74) is 1.34. The molecule has 0 aliphatic rings. The third-order valence-electron chi connectivity index (χ3n) is 4.53. The molecule has 0 atom stereocenters. The summed E-state index contributed by atoms with van der Waals surface area (Å²) < 4.78 is 0. The van der Waals surface area contributed by atoms with Crippen molar-refractivity contribution < 1.29 is 5.11 Å². The summed E-state index contributed by atoms with van der Waals surface area (Å²) in [6, 6.07) is 14.9. The van der Waals surface area contributed by atoms with E-state index in [4.69, 9.17) is 0 Å². The summed E-state index contributed by atoms with van der Waals surface area (Å²) in [5.74, 6) is 0. The minimum absolute atomic E-state index is 0.0184. The maximum Gasteiger partial charge on any atom is 0.0499 e. The van der Waals surface area contributed by atoms with Crippen molar-refractivity contribution in [3.8, 4) is 0 Å². The zero-order valence-electron chi connectivity index (χ0n) is 12.5. The van der Waals surface area contributed by atoms with Crippen LogP contribution in [0.3, 0.4) is 0 Å². The zero-order valence-corrected chi connectivity index (χ0v) is 12.5. The molecule has 0 aromatic heterocycles. The monoisotopic (exact) mass is 271 g/mol. The lowest BCUT2D eigenvalue weighted by Gasteiger charge is -2.29. The van der Waals surface area contributed by atoms with Gasteiger partial charge in [0.2, 0.25) is 0 Å². The maximum atomic E-state index is 9.61. The Morgan fingerprint density at radius 3 is 2.40 bits per heavy atom. The van der Waals surface area contributed by atoms with Gasteiger partial charge in [-0.25, -0.2) is 0 Å². The van der Waals surface area contributed by atoms with Crippen LogP contribution in [0.2, 0.25) is 0 Å². The highest BCUT2D eigenvalue weighted by molar-refractivity contribution is 5.85. The van der Waals surface area contributed by atoms with E-state index in [-0.39, 0.29) is 12.0 Å². The second kappa shape index (κ2) is 6.87. The number of fused-ring (bicyclic) bond motifs is 1. The molecule has 2 aromatic carbocycles. The molecule has 0 fully saturated rings. The van der Waals surface area contributed by atoms with E-state index in [9.17, 15) is 5.11 Å². The predicted molar refractivity (Wildman–Crippen MR) is 85.8 cm³/mol. The first kappa shape index (κ1) is 15.0. The van der Waals surface area contributed by atoms with Gasteiger partial charge in [0.15, 0.2) is 0 Å². The van der Waals surface area contributed by atoms with Gasteiger partial charge in [-0.05, 0) is 29.2 Å². The van der Waals surface area contributed by atoms with Gasteiger partial charge in [0.25, 0.3) is 0 Å². The standard InChI is InChI=1S/C18H25NO/c1-3-18(4-2,14-20)13-19-12-16-10-7-9-15-8-5-6-11-17(15)16/h5-11,19-20H,3-4,12-14H2,1-2H3. The molecule has 0 saturated heterocycles. The van der Waals surface area contributed by atoms with Crippen LogP contribution in [-0.2, 0) is 6.54 Å². The fraction of sp³-hybridized carbons (Fsp3) is 0.444. The van der Waals surface area contributed by atoms with Gasteiger partial charge in [-0.3, -0.25) is 0 Å². The lowest BCUT2D eigenvalue weighted by atomic mass is 9.83. The van der Waals surface area contributed by atoms with Crippen LogP contribution in [-0.4, -0.2) is 18.3 Å². The van der Waals surface area contributed by atoms with Crippen molar-refractivity contribution >= 4 is 10.8 Å². The van der Waals surface area contributed by atoms with E-state index in [2.05, 4.69) is 61.6 Å². The summed E-state index contributed by atoms with van der Waals surface area (Å²) in [7, 11) is 0. The molecule has 0 unspecified atom stereocenters. The Bertz CT molecular complexity index is 532. The molecule has 0 saturated carbocycles. The Kier molecular flexibility index (Phi) is 5.16. The SMILES string of the molecule is CCC(CC)(CO)CNCc1cccc2ccccc12. The zero-order chi connectivity index (χ0) is 14.4. The normalized spacial score (nSPS) is 11.9.